The lowest BCUT2D eigenvalue weighted by Gasteiger charge is -2.30. The number of nitrogen functional groups attached to an aromatic ring is 1. The van der Waals surface area contributed by atoms with Crippen molar-refractivity contribution in [1.82, 2.24) is 4.90 Å². The second-order valence-electron chi connectivity index (χ2n) is 5.34. The summed E-state index contributed by atoms with van der Waals surface area (Å²) in [6.07, 6.45) is -2.70. The summed E-state index contributed by atoms with van der Waals surface area (Å²) in [5.74, 6) is -0.498. The Kier molecular flexibility index (Phi) is 4.51. The van der Waals surface area contributed by atoms with Crippen molar-refractivity contribution in [1.29, 1.82) is 0 Å². The zero-order valence-corrected chi connectivity index (χ0v) is 13.0. The smallest absolute Gasteiger partial charge is 0.398 e. The van der Waals surface area contributed by atoms with Gasteiger partial charge in [0.15, 0.2) is 0 Å². The lowest BCUT2D eigenvalue weighted by atomic mass is 10.1. The molecule has 0 saturated heterocycles. The molecule has 116 valence electrons. The highest BCUT2D eigenvalue weighted by molar-refractivity contribution is 9.10. The summed E-state index contributed by atoms with van der Waals surface area (Å²) < 4.78 is 38.7. The largest absolute Gasteiger partial charge is 0.406 e. The van der Waals surface area contributed by atoms with Crippen molar-refractivity contribution >= 4 is 27.5 Å². The molecule has 1 aliphatic rings. The van der Waals surface area contributed by atoms with E-state index in [1.165, 1.54) is 6.07 Å². The number of amides is 1. The first-order valence-corrected chi connectivity index (χ1v) is 7.41. The minimum atomic E-state index is -4.42. The third kappa shape index (κ3) is 3.90. The highest BCUT2D eigenvalue weighted by Crippen LogP contribution is 2.37. The first kappa shape index (κ1) is 16.1. The fraction of sp³-hybridized carbons (Fsp3) is 0.500. The van der Waals surface area contributed by atoms with Crippen LogP contribution in [0.5, 0.6) is 0 Å². The molecule has 0 bridgehead atoms. The average Bonchev–Trinajstić information content (AvgIpc) is 3.21. The number of hydrogen-bond acceptors (Lipinski definition) is 2. The van der Waals surface area contributed by atoms with Gasteiger partial charge in [-0.05, 0) is 53.7 Å². The van der Waals surface area contributed by atoms with Crippen LogP contribution in [0.2, 0.25) is 0 Å². The zero-order chi connectivity index (χ0) is 15.8. The Hall–Kier alpha value is -1.24. The molecule has 7 heteroatoms. The standard InChI is InChI=1S/C14H16BrF3N2O/c1-8(9-5-6-9)20(7-14(16,17)18)13(21)10-3-2-4-11(19)12(10)15/h2-4,8-9H,5-7,19H2,1H3. The fourth-order valence-corrected chi connectivity index (χ4v) is 2.73. The minimum Gasteiger partial charge on any atom is -0.398 e. The third-order valence-corrected chi connectivity index (χ3v) is 4.55. The predicted molar refractivity (Wildman–Crippen MR) is 77.8 cm³/mol. The van der Waals surface area contributed by atoms with Gasteiger partial charge in [0.1, 0.15) is 6.54 Å². The predicted octanol–water partition coefficient (Wildman–Crippen LogP) is 3.83. The van der Waals surface area contributed by atoms with Crippen LogP contribution < -0.4 is 5.73 Å². The molecular weight excluding hydrogens is 349 g/mol. The van der Waals surface area contributed by atoms with Gasteiger partial charge < -0.3 is 10.6 Å². The molecule has 0 aromatic heterocycles. The molecule has 1 fully saturated rings. The number of hydrogen-bond donors (Lipinski definition) is 1. The van der Waals surface area contributed by atoms with Crippen LogP contribution in [0.25, 0.3) is 0 Å². The van der Waals surface area contributed by atoms with Gasteiger partial charge in [-0.3, -0.25) is 4.79 Å². The van der Waals surface area contributed by atoms with Crippen molar-refractivity contribution in [3.63, 3.8) is 0 Å². The first-order chi connectivity index (χ1) is 9.70. The van der Waals surface area contributed by atoms with E-state index < -0.39 is 24.7 Å². The van der Waals surface area contributed by atoms with Crippen molar-refractivity contribution < 1.29 is 18.0 Å². The van der Waals surface area contributed by atoms with Gasteiger partial charge in [-0.2, -0.15) is 13.2 Å². The number of nitrogens with two attached hydrogens (primary N) is 1. The van der Waals surface area contributed by atoms with Gasteiger partial charge in [-0.1, -0.05) is 6.07 Å². The maximum absolute atomic E-state index is 12.8. The lowest BCUT2D eigenvalue weighted by molar-refractivity contribution is -0.144. The van der Waals surface area contributed by atoms with E-state index in [0.717, 1.165) is 17.7 Å². The summed E-state index contributed by atoms with van der Waals surface area (Å²) in [5, 5.41) is 0. The maximum Gasteiger partial charge on any atom is 0.406 e. The molecule has 1 aromatic carbocycles. The van der Waals surface area contributed by atoms with Crippen molar-refractivity contribution in [2.24, 2.45) is 5.92 Å². The molecule has 3 nitrogen and oxygen atoms in total. The van der Waals surface area contributed by atoms with Gasteiger partial charge in [0.2, 0.25) is 0 Å². The molecular formula is C14H16BrF3N2O. The number of alkyl halides is 3. The monoisotopic (exact) mass is 364 g/mol. The number of halogens is 4. The molecule has 0 aliphatic heterocycles. The average molecular weight is 365 g/mol. The summed E-state index contributed by atoms with van der Waals surface area (Å²) in [5.41, 5.74) is 6.18. The second kappa shape index (κ2) is 5.87. The van der Waals surface area contributed by atoms with Gasteiger partial charge in [-0.25, -0.2) is 0 Å². The van der Waals surface area contributed by atoms with Crippen molar-refractivity contribution in [2.45, 2.75) is 32.0 Å². The van der Waals surface area contributed by atoms with Crippen LogP contribution in [-0.2, 0) is 0 Å². The molecule has 0 heterocycles. The van der Waals surface area contributed by atoms with Crippen LogP contribution >= 0.6 is 15.9 Å². The van der Waals surface area contributed by atoms with E-state index in [1.54, 1.807) is 19.1 Å². The number of carbonyl (C=O) groups excluding carboxylic acids is 1. The van der Waals surface area contributed by atoms with Gasteiger partial charge in [0.25, 0.3) is 5.91 Å². The summed E-state index contributed by atoms with van der Waals surface area (Å²) in [7, 11) is 0. The number of nitrogens with zero attached hydrogens (tertiary/aromatic N) is 1. The van der Waals surface area contributed by atoms with Crippen molar-refractivity contribution in [3.05, 3.63) is 28.2 Å². The van der Waals surface area contributed by atoms with Crippen LogP contribution in [0.3, 0.4) is 0 Å². The zero-order valence-electron chi connectivity index (χ0n) is 11.5. The van der Waals surface area contributed by atoms with E-state index in [0.29, 0.717) is 10.2 Å². The fourth-order valence-electron chi connectivity index (χ4n) is 2.30. The van der Waals surface area contributed by atoms with Crippen LogP contribution in [0.1, 0.15) is 30.1 Å². The number of benzene rings is 1. The van der Waals surface area contributed by atoms with Gasteiger partial charge >= 0.3 is 6.18 Å². The topological polar surface area (TPSA) is 46.3 Å². The number of carbonyl (C=O) groups is 1. The molecule has 2 N–H and O–H groups in total. The van der Waals surface area contributed by atoms with E-state index in [-0.39, 0.29) is 11.5 Å². The highest BCUT2D eigenvalue weighted by Gasteiger charge is 2.41. The number of rotatable bonds is 4. The second-order valence-corrected chi connectivity index (χ2v) is 6.13. The Morgan fingerprint density at radius 3 is 2.62 bits per heavy atom. The van der Waals surface area contributed by atoms with Gasteiger partial charge in [0, 0.05) is 11.7 Å². The normalized spacial score (nSPS) is 16.6. The quantitative estimate of drug-likeness (QED) is 0.825. The summed E-state index contributed by atoms with van der Waals surface area (Å²) >= 11 is 3.18. The minimum absolute atomic E-state index is 0.149. The molecule has 21 heavy (non-hydrogen) atoms. The molecule has 2 rings (SSSR count). The van der Waals surface area contributed by atoms with Crippen molar-refractivity contribution in [2.75, 3.05) is 12.3 Å². The molecule has 1 aromatic rings. The SMILES string of the molecule is CC(C1CC1)N(CC(F)(F)F)C(=O)c1cccc(N)c1Br. The third-order valence-electron chi connectivity index (χ3n) is 3.67. The Morgan fingerprint density at radius 2 is 2.10 bits per heavy atom. The van der Waals surface area contributed by atoms with Gasteiger partial charge in [-0.15, -0.1) is 0 Å². The Labute approximate surface area is 129 Å². The molecule has 1 aliphatic carbocycles. The van der Waals surface area contributed by atoms with E-state index >= 15 is 0 Å². The molecule has 1 atom stereocenters. The first-order valence-electron chi connectivity index (χ1n) is 6.62. The molecule has 0 spiro atoms. The van der Waals surface area contributed by atoms with Gasteiger partial charge in [0.05, 0.1) is 10.0 Å². The van der Waals surface area contributed by atoms with Crippen LogP contribution in [0.4, 0.5) is 18.9 Å². The summed E-state index contributed by atoms with van der Waals surface area (Å²) in [4.78, 5) is 13.4. The Balaban J connectivity index is 2.30. The van der Waals surface area contributed by atoms with Crippen LogP contribution in [0, 0.1) is 5.92 Å². The van der Waals surface area contributed by atoms with Crippen LogP contribution in [0.15, 0.2) is 22.7 Å². The summed E-state index contributed by atoms with van der Waals surface area (Å²) in [6, 6.07) is 4.18. The molecule has 0 radical (unpaired) electrons. The highest BCUT2D eigenvalue weighted by atomic mass is 79.9. The Bertz CT molecular complexity index is 544. The van der Waals surface area contributed by atoms with E-state index in [9.17, 15) is 18.0 Å². The van der Waals surface area contributed by atoms with E-state index in [2.05, 4.69) is 15.9 Å². The van der Waals surface area contributed by atoms with Crippen LogP contribution in [-0.4, -0.2) is 29.6 Å². The maximum atomic E-state index is 12.8. The molecule has 1 amide bonds. The summed E-state index contributed by atoms with van der Waals surface area (Å²) in [6.45, 7) is 0.423. The number of anilines is 1. The van der Waals surface area contributed by atoms with E-state index in [4.69, 9.17) is 5.73 Å². The molecule has 1 saturated carbocycles. The molecule has 1 unspecified atom stereocenters. The lowest BCUT2D eigenvalue weighted by Crippen LogP contribution is -2.45. The Morgan fingerprint density at radius 1 is 1.48 bits per heavy atom. The van der Waals surface area contributed by atoms with E-state index in [1.807, 2.05) is 0 Å². The van der Waals surface area contributed by atoms with Crippen molar-refractivity contribution in [3.8, 4) is 0 Å².